The molecule has 2 atom stereocenters. The maximum absolute atomic E-state index is 11.4. The highest BCUT2D eigenvalue weighted by Gasteiger charge is 2.30. The first-order valence-electron chi connectivity index (χ1n) is 10.6. The van der Waals surface area contributed by atoms with Crippen molar-refractivity contribution in [2.45, 2.75) is 44.0 Å². The van der Waals surface area contributed by atoms with E-state index in [-0.39, 0.29) is 4.90 Å². The van der Waals surface area contributed by atoms with Crippen molar-refractivity contribution in [3.8, 4) is 0 Å². The normalized spacial score (nSPS) is 20.2. The van der Waals surface area contributed by atoms with Crippen LogP contribution in [0, 0.1) is 5.92 Å². The van der Waals surface area contributed by atoms with Gasteiger partial charge in [-0.2, -0.15) is 0 Å². The van der Waals surface area contributed by atoms with Gasteiger partial charge in [0.2, 0.25) is 10.0 Å². The van der Waals surface area contributed by atoms with Crippen LogP contribution < -0.4 is 10.5 Å². The van der Waals surface area contributed by atoms with Crippen LogP contribution in [0.2, 0.25) is 0 Å². The van der Waals surface area contributed by atoms with Crippen molar-refractivity contribution >= 4 is 16.0 Å². The smallest absolute Gasteiger partial charge is 0.238 e. The summed E-state index contributed by atoms with van der Waals surface area (Å²) in [5.74, 6) is 2.08. The summed E-state index contributed by atoms with van der Waals surface area (Å²) < 4.78 is 22.8. The minimum absolute atomic E-state index is 0.121. The number of guanidine groups is 1. The number of sulfonamides is 1. The van der Waals surface area contributed by atoms with E-state index >= 15 is 0 Å². The largest absolute Gasteiger partial charge is 0.357 e. The van der Waals surface area contributed by atoms with Gasteiger partial charge in [0.15, 0.2) is 5.96 Å². The van der Waals surface area contributed by atoms with Gasteiger partial charge in [-0.25, -0.2) is 18.5 Å². The molecule has 0 aromatic heterocycles. The van der Waals surface area contributed by atoms with Gasteiger partial charge >= 0.3 is 0 Å². The molecule has 0 amide bonds. The van der Waals surface area contributed by atoms with Gasteiger partial charge in [-0.1, -0.05) is 55.8 Å². The lowest BCUT2D eigenvalue weighted by atomic mass is 9.79. The fraction of sp³-hybridized carbons (Fsp3) is 0.435. The van der Waals surface area contributed by atoms with Gasteiger partial charge in [-0.3, -0.25) is 0 Å². The first-order chi connectivity index (χ1) is 14.4. The third-order valence-corrected chi connectivity index (χ3v) is 6.71. The van der Waals surface area contributed by atoms with Crippen LogP contribution in [-0.4, -0.2) is 38.9 Å². The number of rotatable bonds is 6. The molecule has 0 bridgehead atoms. The third-order valence-electron chi connectivity index (χ3n) is 5.78. The number of nitrogens with zero attached hydrogens (tertiary/aromatic N) is 2. The second-order valence-electron chi connectivity index (χ2n) is 7.78. The average molecular weight is 429 g/mol. The number of aliphatic imine (C=N–C) groups is 1. The molecule has 1 heterocycles. The molecule has 0 aliphatic carbocycles. The molecule has 1 saturated heterocycles. The molecule has 7 heteroatoms. The summed E-state index contributed by atoms with van der Waals surface area (Å²) in [6, 6.07) is 17.4. The highest BCUT2D eigenvalue weighted by molar-refractivity contribution is 7.89. The van der Waals surface area contributed by atoms with E-state index in [1.54, 1.807) is 12.1 Å². The number of nitrogens with two attached hydrogens (primary N) is 1. The molecule has 6 nitrogen and oxygen atoms in total. The Balaban J connectivity index is 1.71. The quantitative estimate of drug-likeness (QED) is 0.546. The number of nitrogens with one attached hydrogen (secondary N) is 1. The maximum Gasteiger partial charge on any atom is 0.238 e. The molecule has 3 rings (SSSR count). The van der Waals surface area contributed by atoms with Gasteiger partial charge in [0.25, 0.3) is 0 Å². The predicted molar refractivity (Wildman–Crippen MR) is 122 cm³/mol. The van der Waals surface area contributed by atoms with Gasteiger partial charge in [0.1, 0.15) is 0 Å². The lowest BCUT2D eigenvalue weighted by Crippen LogP contribution is -2.48. The van der Waals surface area contributed by atoms with Crippen molar-refractivity contribution in [1.29, 1.82) is 0 Å². The number of primary sulfonamides is 1. The molecule has 0 spiro atoms. The summed E-state index contributed by atoms with van der Waals surface area (Å²) in [7, 11) is -3.67. The molecule has 0 saturated carbocycles. The van der Waals surface area contributed by atoms with Gasteiger partial charge in [-0.05, 0) is 48.4 Å². The topological polar surface area (TPSA) is 87.8 Å². The zero-order chi connectivity index (χ0) is 21.6. The number of hydrogen-bond donors (Lipinski definition) is 2. The van der Waals surface area contributed by atoms with Crippen molar-refractivity contribution in [2.24, 2.45) is 16.0 Å². The molecule has 2 aromatic rings. The minimum Gasteiger partial charge on any atom is -0.357 e. The van der Waals surface area contributed by atoms with Crippen LogP contribution in [0.5, 0.6) is 0 Å². The van der Waals surface area contributed by atoms with Crippen molar-refractivity contribution in [3.63, 3.8) is 0 Å². The lowest BCUT2D eigenvalue weighted by molar-refractivity contribution is 0.215. The minimum atomic E-state index is -3.67. The second-order valence-corrected chi connectivity index (χ2v) is 9.34. The van der Waals surface area contributed by atoms with Crippen molar-refractivity contribution < 1.29 is 8.42 Å². The van der Waals surface area contributed by atoms with E-state index in [9.17, 15) is 8.42 Å². The number of piperidine rings is 1. The zero-order valence-electron chi connectivity index (χ0n) is 17.8. The van der Waals surface area contributed by atoms with E-state index in [1.807, 2.05) is 0 Å². The monoisotopic (exact) mass is 428 g/mol. The molecule has 1 aliphatic rings. The molecule has 2 aromatic carbocycles. The summed E-state index contributed by atoms with van der Waals surface area (Å²) in [5.41, 5.74) is 2.38. The van der Waals surface area contributed by atoms with E-state index in [0.29, 0.717) is 18.4 Å². The Kier molecular flexibility index (Phi) is 7.50. The summed E-state index contributed by atoms with van der Waals surface area (Å²) in [6.45, 7) is 7.57. The van der Waals surface area contributed by atoms with Crippen LogP contribution in [0.25, 0.3) is 0 Å². The molecular formula is C23H32N4O2S. The van der Waals surface area contributed by atoms with E-state index in [0.717, 1.165) is 44.0 Å². The fourth-order valence-electron chi connectivity index (χ4n) is 4.15. The van der Waals surface area contributed by atoms with Gasteiger partial charge < -0.3 is 10.2 Å². The highest BCUT2D eigenvalue weighted by atomic mass is 32.2. The average Bonchev–Trinajstić information content (AvgIpc) is 2.76. The van der Waals surface area contributed by atoms with Crippen molar-refractivity contribution in [1.82, 2.24) is 10.2 Å². The Morgan fingerprint density at radius 3 is 2.43 bits per heavy atom. The summed E-state index contributed by atoms with van der Waals surface area (Å²) in [5, 5.41) is 8.59. The first-order valence-corrected chi connectivity index (χ1v) is 12.2. The summed E-state index contributed by atoms with van der Waals surface area (Å²) >= 11 is 0. The molecule has 3 N–H and O–H groups in total. The number of likely N-dealkylation sites (tertiary alicyclic amines) is 1. The zero-order valence-corrected chi connectivity index (χ0v) is 18.6. The van der Waals surface area contributed by atoms with Crippen LogP contribution >= 0.6 is 0 Å². The Morgan fingerprint density at radius 2 is 1.83 bits per heavy atom. The Morgan fingerprint density at radius 1 is 1.13 bits per heavy atom. The van der Waals surface area contributed by atoms with Crippen LogP contribution in [-0.2, 0) is 16.6 Å². The van der Waals surface area contributed by atoms with Gasteiger partial charge in [0.05, 0.1) is 11.4 Å². The van der Waals surface area contributed by atoms with E-state index in [1.165, 1.54) is 17.7 Å². The molecule has 1 aliphatic heterocycles. The fourth-order valence-corrected chi connectivity index (χ4v) is 4.67. The maximum atomic E-state index is 11.4. The molecule has 30 heavy (non-hydrogen) atoms. The number of benzene rings is 2. The van der Waals surface area contributed by atoms with Crippen LogP contribution in [0.4, 0.5) is 0 Å². The van der Waals surface area contributed by atoms with Gasteiger partial charge in [-0.15, -0.1) is 0 Å². The first kappa shape index (κ1) is 22.3. The van der Waals surface area contributed by atoms with E-state index in [2.05, 4.69) is 54.4 Å². The van der Waals surface area contributed by atoms with Crippen LogP contribution in [0.3, 0.4) is 0 Å². The van der Waals surface area contributed by atoms with E-state index in [4.69, 9.17) is 10.1 Å². The van der Waals surface area contributed by atoms with Crippen molar-refractivity contribution in [2.75, 3.05) is 19.6 Å². The Labute approximate surface area is 180 Å². The third kappa shape index (κ3) is 5.61. The SMILES string of the molecule is CCNC(=NCc1ccc(S(N)(=O)=O)cc1)N1CCC(c2ccccc2)C(CC)C1. The lowest BCUT2D eigenvalue weighted by Gasteiger charge is -2.40. The molecular weight excluding hydrogens is 396 g/mol. The Hall–Kier alpha value is -2.38. The molecule has 0 radical (unpaired) electrons. The standard InChI is InChI=1S/C23H32N4O2S/c1-3-19-17-27(15-14-22(19)20-8-6-5-7-9-20)23(25-4-2)26-16-18-10-12-21(13-11-18)30(24,28)29/h5-13,19,22H,3-4,14-17H2,1-2H3,(H,25,26)(H2,24,28,29). The number of hydrogen-bond acceptors (Lipinski definition) is 3. The molecule has 2 unspecified atom stereocenters. The predicted octanol–water partition coefficient (Wildman–Crippen LogP) is 3.32. The van der Waals surface area contributed by atoms with E-state index < -0.39 is 10.0 Å². The highest BCUT2D eigenvalue weighted by Crippen LogP contribution is 2.34. The van der Waals surface area contributed by atoms with Crippen molar-refractivity contribution in [3.05, 3.63) is 65.7 Å². The summed E-state index contributed by atoms with van der Waals surface area (Å²) in [4.78, 5) is 7.29. The molecule has 1 fully saturated rings. The Bertz CT molecular complexity index is 943. The molecule has 162 valence electrons. The van der Waals surface area contributed by atoms with Gasteiger partial charge in [0, 0.05) is 19.6 Å². The second kappa shape index (κ2) is 10.1. The van der Waals surface area contributed by atoms with Crippen LogP contribution in [0.15, 0.2) is 64.5 Å². The summed E-state index contributed by atoms with van der Waals surface area (Å²) in [6.07, 6.45) is 2.24. The van der Waals surface area contributed by atoms with Crippen LogP contribution in [0.1, 0.15) is 43.7 Å².